The Balaban J connectivity index is 1.70. The highest BCUT2D eigenvalue weighted by Crippen LogP contribution is 2.31. The largest absolute Gasteiger partial charge is 0.497 e. The molecule has 1 N–H and O–H groups in total. The zero-order valence-corrected chi connectivity index (χ0v) is 14.4. The number of nitrogens with one attached hydrogen (secondary N) is 1. The number of nitro benzene ring substituents is 1. The summed E-state index contributed by atoms with van der Waals surface area (Å²) >= 11 is 0. The molecule has 3 aromatic rings. The molecule has 0 fully saturated rings. The van der Waals surface area contributed by atoms with Crippen molar-refractivity contribution in [3.8, 4) is 17.1 Å². The lowest BCUT2D eigenvalue weighted by Gasteiger charge is -2.03. The molecular formula is C20H16N2O5. The van der Waals surface area contributed by atoms with Gasteiger partial charge in [-0.3, -0.25) is 14.9 Å². The molecule has 0 spiro atoms. The Morgan fingerprint density at radius 3 is 2.56 bits per heavy atom. The van der Waals surface area contributed by atoms with Crippen LogP contribution in [0.25, 0.3) is 17.4 Å². The monoisotopic (exact) mass is 364 g/mol. The van der Waals surface area contributed by atoms with E-state index in [-0.39, 0.29) is 11.6 Å². The van der Waals surface area contributed by atoms with E-state index in [9.17, 15) is 14.9 Å². The molecule has 1 heterocycles. The average Bonchev–Trinajstić information content (AvgIpc) is 3.16. The van der Waals surface area contributed by atoms with Crippen LogP contribution in [0.5, 0.6) is 5.75 Å². The molecule has 0 aliphatic carbocycles. The maximum Gasteiger partial charge on any atom is 0.280 e. The number of benzene rings is 2. The van der Waals surface area contributed by atoms with Crippen LogP contribution in [0.15, 0.2) is 71.2 Å². The maximum absolute atomic E-state index is 12.0. The fourth-order valence-corrected chi connectivity index (χ4v) is 2.44. The number of ether oxygens (including phenoxy) is 1. The summed E-state index contributed by atoms with van der Waals surface area (Å²) in [5, 5.41) is 13.8. The van der Waals surface area contributed by atoms with Gasteiger partial charge in [0, 0.05) is 17.8 Å². The molecule has 136 valence electrons. The van der Waals surface area contributed by atoms with Crippen molar-refractivity contribution < 1.29 is 18.9 Å². The minimum atomic E-state index is -0.463. The topological polar surface area (TPSA) is 94.6 Å². The summed E-state index contributed by atoms with van der Waals surface area (Å²) in [6.07, 6.45) is 2.82. The molecule has 0 saturated heterocycles. The third kappa shape index (κ3) is 4.40. The van der Waals surface area contributed by atoms with Gasteiger partial charge < -0.3 is 14.5 Å². The van der Waals surface area contributed by atoms with Crippen molar-refractivity contribution in [3.05, 3.63) is 82.6 Å². The lowest BCUT2D eigenvalue weighted by Crippen LogP contribution is -2.07. The van der Waals surface area contributed by atoms with Crippen LogP contribution in [0.2, 0.25) is 0 Å². The lowest BCUT2D eigenvalue weighted by atomic mass is 10.1. The number of anilines is 1. The zero-order valence-electron chi connectivity index (χ0n) is 14.4. The van der Waals surface area contributed by atoms with Gasteiger partial charge in [0.05, 0.1) is 17.6 Å². The molecule has 0 aliphatic rings. The Morgan fingerprint density at radius 1 is 1.11 bits per heavy atom. The number of furan rings is 1. The Labute approximate surface area is 155 Å². The summed E-state index contributed by atoms with van der Waals surface area (Å²) in [7, 11) is 1.57. The first-order valence-corrected chi connectivity index (χ1v) is 8.03. The Bertz CT molecular complexity index is 990. The predicted octanol–water partition coefficient (Wildman–Crippen LogP) is 4.52. The molecule has 0 aliphatic heterocycles. The summed E-state index contributed by atoms with van der Waals surface area (Å²) in [4.78, 5) is 22.7. The fraction of sp³-hybridized carbons (Fsp3) is 0.0500. The third-order valence-electron chi connectivity index (χ3n) is 3.75. The van der Waals surface area contributed by atoms with E-state index >= 15 is 0 Å². The Hall–Kier alpha value is -3.87. The van der Waals surface area contributed by atoms with Crippen molar-refractivity contribution in [2.75, 3.05) is 12.4 Å². The number of hydrogen-bond acceptors (Lipinski definition) is 5. The van der Waals surface area contributed by atoms with Gasteiger partial charge in [0.1, 0.15) is 17.3 Å². The molecule has 7 nitrogen and oxygen atoms in total. The second-order valence-corrected chi connectivity index (χ2v) is 5.53. The number of methoxy groups -OCH3 is 1. The van der Waals surface area contributed by atoms with Gasteiger partial charge >= 0.3 is 0 Å². The van der Waals surface area contributed by atoms with Crippen molar-refractivity contribution in [1.29, 1.82) is 0 Å². The third-order valence-corrected chi connectivity index (χ3v) is 3.75. The van der Waals surface area contributed by atoms with Crippen LogP contribution in [-0.4, -0.2) is 17.9 Å². The molecule has 1 aromatic heterocycles. The van der Waals surface area contributed by atoms with E-state index in [2.05, 4.69) is 5.32 Å². The van der Waals surface area contributed by atoms with E-state index in [1.165, 1.54) is 18.2 Å². The van der Waals surface area contributed by atoms with Crippen molar-refractivity contribution >= 4 is 23.4 Å². The average molecular weight is 364 g/mol. The van der Waals surface area contributed by atoms with Crippen molar-refractivity contribution in [3.63, 3.8) is 0 Å². The zero-order chi connectivity index (χ0) is 19.2. The highest BCUT2D eigenvalue weighted by molar-refractivity contribution is 6.01. The SMILES string of the molecule is COc1ccc(NC(=O)/C=C/c2ccc(-c3ccccc3[N+](=O)[O-])o2)cc1. The fourth-order valence-electron chi connectivity index (χ4n) is 2.44. The van der Waals surface area contributed by atoms with Crippen LogP contribution in [0, 0.1) is 10.1 Å². The Morgan fingerprint density at radius 2 is 1.85 bits per heavy atom. The van der Waals surface area contributed by atoms with Gasteiger partial charge in [-0.2, -0.15) is 0 Å². The van der Waals surface area contributed by atoms with E-state index in [4.69, 9.17) is 9.15 Å². The minimum absolute atomic E-state index is 0.0420. The van der Waals surface area contributed by atoms with Gasteiger partial charge in [-0.1, -0.05) is 12.1 Å². The number of carbonyl (C=O) groups is 1. The van der Waals surface area contributed by atoms with Gasteiger partial charge in [0.2, 0.25) is 5.91 Å². The van der Waals surface area contributed by atoms with Crippen LogP contribution in [0.4, 0.5) is 11.4 Å². The summed E-state index contributed by atoms with van der Waals surface area (Å²) < 4.78 is 10.7. The lowest BCUT2D eigenvalue weighted by molar-refractivity contribution is -0.384. The number of rotatable bonds is 6. The van der Waals surface area contributed by atoms with Crippen LogP contribution < -0.4 is 10.1 Å². The van der Waals surface area contributed by atoms with Crippen LogP contribution >= 0.6 is 0 Å². The molecular weight excluding hydrogens is 348 g/mol. The number of nitrogens with zero attached hydrogens (tertiary/aromatic N) is 1. The van der Waals surface area contributed by atoms with Gasteiger partial charge in [0.15, 0.2) is 0 Å². The standard InChI is InChI=1S/C20H16N2O5/c1-26-15-8-6-14(7-9-15)21-20(23)13-11-16-10-12-19(27-16)17-4-2-3-5-18(17)22(24)25/h2-13H,1H3,(H,21,23)/b13-11+. The van der Waals surface area contributed by atoms with Gasteiger partial charge in [-0.05, 0) is 48.5 Å². The van der Waals surface area contributed by atoms with Crippen molar-refractivity contribution in [2.24, 2.45) is 0 Å². The highest BCUT2D eigenvalue weighted by Gasteiger charge is 2.16. The van der Waals surface area contributed by atoms with Crippen molar-refractivity contribution in [1.82, 2.24) is 0 Å². The smallest absolute Gasteiger partial charge is 0.280 e. The summed E-state index contributed by atoms with van der Waals surface area (Å²) in [5.74, 6) is 1.14. The molecule has 0 saturated carbocycles. The second-order valence-electron chi connectivity index (χ2n) is 5.53. The highest BCUT2D eigenvalue weighted by atomic mass is 16.6. The number of para-hydroxylation sites is 1. The first kappa shape index (κ1) is 17.9. The molecule has 2 aromatic carbocycles. The van der Waals surface area contributed by atoms with E-state index in [0.29, 0.717) is 28.5 Å². The van der Waals surface area contributed by atoms with E-state index in [1.807, 2.05) is 0 Å². The van der Waals surface area contributed by atoms with Crippen LogP contribution in [0.3, 0.4) is 0 Å². The molecule has 7 heteroatoms. The van der Waals surface area contributed by atoms with Gasteiger partial charge in [-0.25, -0.2) is 0 Å². The number of carbonyl (C=O) groups excluding carboxylic acids is 1. The summed E-state index contributed by atoms with van der Waals surface area (Å²) in [6.45, 7) is 0. The van der Waals surface area contributed by atoms with E-state index in [0.717, 1.165) is 0 Å². The molecule has 27 heavy (non-hydrogen) atoms. The number of amides is 1. The molecule has 3 rings (SSSR count). The van der Waals surface area contributed by atoms with E-state index < -0.39 is 4.92 Å². The first-order chi connectivity index (χ1) is 13.1. The molecule has 1 amide bonds. The van der Waals surface area contributed by atoms with Crippen LogP contribution in [0.1, 0.15) is 5.76 Å². The number of nitro groups is 1. The molecule has 0 bridgehead atoms. The summed E-state index contributed by atoms with van der Waals surface area (Å²) in [5.41, 5.74) is 0.968. The minimum Gasteiger partial charge on any atom is -0.497 e. The predicted molar refractivity (Wildman–Crippen MR) is 101 cm³/mol. The number of hydrogen-bond donors (Lipinski definition) is 1. The van der Waals surface area contributed by atoms with Crippen LogP contribution in [-0.2, 0) is 4.79 Å². The van der Waals surface area contributed by atoms with Gasteiger partial charge in [0.25, 0.3) is 5.69 Å². The quantitative estimate of drug-likeness (QED) is 0.394. The maximum atomic E-state index is 12.0. The molecule has 0 radical (unpaired) electrons. The summed E-state index contributed by atoms with van der Waals surface area (Å²) in [6, 6.07) is 16.5. The normalized spacial score (nSPS) is 10.7. The van der Waals surface area contributed by atoms with Crippen molar-refractivity contribution in [2.45, 2.75) is 0 Å². The Kier molecular flexibility index (Phi) is 5.32. The second kappa shape index (κ2) is 8.01. The molecule has 0 unspecified atom stereocenters. The molecule has 0 atom stereocenters. The van der Waals surface area contributed by atoms with E-state index in [1.54, 1.807) is 61.7 Å². The van der Waals surface area contributed by atoms with Gasteiger partial charge in [-0.15, -0.1) is 0 Å². The first-order valence-electron chi connectivity index (χ1n) is 8.03.